The molecule has 136 valence electrons. The van der Waals surface area contributed by atoms with Gasteiger partial charge in [-0.2, -0.15) is 0 Å². The second kappa shape index (κ2) is 10.6. The normalized spacial score (nSPS) is 11.6. The smallest absolute Gasteiger partial charge is 0.191 e. The van der Waals surface area contributed by atoms with E-state index in [1.165, 1.54) is 16.3 Å². The maximum Gasteiger partial charge on any atom is 0.191 e. The van der Waals surface area contributed by atoms with Crippen LogP contribution in [0.2, 0.25) is 0 Å². The van der Waals surface area contributed by atoms with Crippen molar-refractivity contribution in [3.63, 3.8) is 0 Å². The molecule has 0 unspecified atom stereocenters. The molecule has 5 nitrogen and oxygen atoms in total. The van der Waals surface area contributed by atoms with Gasteiger partial charge < -0.3 is 20.1 Å². The molecule has 0 fully saturated rings. The second-order valence-corrected chi connectivity index (χ2v) is 5.80. The molecule has 0 bridgehead atoms. The Morgan fingerprint density at radius 1 is 1.04 bits per heavy atom. The highest BCUT2D eigenvalue weighted by Crippen LogP contribution is 2.21. The fraction of sp³-hybridized carbons (Fsp3) is 0.450. The van der Waals surface area contributed by atoms with E-state index >= 15 is 0 Å². The summed E-state index contributed by atoms with van der Waals surface area (Å²) in [6.45, 7) is 5.26. The van der Waals surface area contributed by atoms with Crippen molar-refractivity contribution in [2.75, 3.05) is 33.9 Å². The van der Waals surface area contributed by atoms with Crippen LogP contribution in [0.15, 0.2) is 41.4 Å². The first-order valence-corrected chi connectivity index (χ1v) is 8.85. The van der Waals surface area contributed by atoms with E-state index in [2.05, 4.69) is 46.0 Å². The molecule has 0 saturated heterocycles. The molecule has 2 aromatic carbocycles. The third-order valence-corrected chi connectivity index (χ3v) is 4.01. The number of nitrogens with one attached hydrogen (secondary N) is 2. The summed E-state index contributed by atoms with van der Waals surface area (Å²) in [5.41, 5.74) is 1.22. The van der Waals surface area contributed by atoms with Gasteiger partial charge in [0.1, 0.15) is 5.75 Å². The molecule has 0 aromatic heterocycles. The minimum Gasteiger partial charge on any atom is -0.497 e. The number of unbranched alkanes of at least 4 members (excludes halogenated alkanes) is 1. The minimum absolute atomic E-state index is 0.737. The highest BCUT2D eigenvalue weighted by Gasteiger charge is 2.01. The van der Waals surface area contributed by atoms with E-state index in [9.17, 15) is 0 Å². The van der Waals surface area contributed by atoms with Crippen molar-refractivity contribution >= 4 is 16.7 Å². The molecule has 2 N–H and O–H groups in total. The summed E-state index contributed by atoms with van der Waals surface area (Å²) in [5.74, 6) is 1.71. The Hall–Kier alpha value is -2.27. The van der Waals surface area contributed by atoms with Crippen molar-refractivity contribution in [3.05, 3.63) is 42.0 Å². The summed E-state index contributed by atoms with van der Waals surface area (Å²) in [4.78, 5) is 4.27. The largest absolute Gasteiger partial charge is 0.497 e. The quantitative estimate of drug-likeness (QED) is 0.417. The molecule has 0 aliphatic rings. The topological polar surface area (TPSA) is 54.9 Å². The van der Waals surface area contributed by atoms with Crippen molar-refractivity contribution < 1.29 is 9.47 Å². The molecular formula is C20H29N3O2. The van der Waals surface area contributed by atoms with E-state index in [1.807, 2.05) is 13.0 Å². The minimum atomic E-state index is 0.737. The van der Waals surface area contributed by atoms with Gasteiger partial charge >= 0.3 is 0 Å². The lowest BCUT2D eigenvalue weighted by molar-refractivity contribution is 0.143. The number of hydrogen-bond donors (Lipinski definition) is 2. The Bertz CT molecular complexity index is 686. The molecule has 0 spiro atoms. The standard InChI is InChI=1S/C20H29N3O2/c1-4-25-12-6-5-11-22-20(21-2)23-15-16-7-8-18-14-19(24-3)10-9-17(18)13-16/h7-10,13-14H,4-6,11-12,15H2,1-3H3,(H2,21,22,23). The Labute approximate surface area is 150 Å². The SMILES string of the molecule is CCOCCCCNC(=NC)NCc1ccc2cc(OC)ccc2c1. The first-order valence-electron chi connectivity index (χ1n) is 8.85. The molecule has 0 saturated carbocycles. The first kappa shape index (κ1) is 19.1. The molecule has 2 aromatic rings. The van der Waals surface area contributed by atoms with E-state index in [0.29, 0.717) is 0 Å². The van der Waals surface area contributed by atoms with Crippen molar-refractivity contribution in [1.29, 1.82) is 0 Å². The van der Waals surface area contributed by atoms with Gasteiger partial charge in [0.25, 0.3) is 0 Å². The van der Waals surface area contributed by atoms with E-state index in [1.54, 1.807) is 14.2 Å². The number of methoxy groups -OCH3 is 1. The Balaban J connectivity index is 1.81. The highest BCUT2D eigenvalue weighted by molar-refractivity contribution is 5.85. The molecule has 25 heavy (non-hydrogen) atoms. The molecule has 0 aliphatic carbocycles. The molecule has 0 amide bonds. The second-order valence-electron chi connectivity index (χ2n) is 5.80. The predicted molar refractivity (Wildman–Crippen MR) is 104 cm³/mol. The van der Waals surface area contributed by atoms with Gasteiger partial charge in [-0.25, -0.2) is 0 Å². The van der Waals surface area contributed by atoms with E-state index in [0.717, 1.165) is 50.9 Å². The van der Waals surface area contributed by atoms with Crippen LogP contribution in [0.5, 0.6) is 5.75 Å². The van der Waals surface area contributed by atoms with Crippen LogP contribution < -0.4 is 15.4 Å². The van der Waals surface area contributed by atoms with E-state index in [-0.39, 0.29) is 0 Å². The summed E-state index contributed by atoms with van der Waals surface area (Å²) in [6, 6.07) is 12.6. The van der Waals surface area contributed by atoms with Gasteiger partial charge in [-0.3, -0.25) is 4.99 Å². The Kier molecular flexibility index (Phi) is 8.05. The van der Waals surface area contributed by atoms with Crippen LogP contribution in [-0.4, -0.2) is 39.9 Å². The fourth-order valence-corrected chi connectivity index (χ4v) is 2.60. The van der Waals surface area contributed by atoms with Crippen LogP contribution in [-0.2, 0) is 11.3 Å². The number of fused-ring (bicyclic) bond motifs is 1. The van der Waals surface area contributed by atoms with Crippen molar-refractivity contribution in [3.8, 4) is 5.75 Å². The molecular weight excluding hydrogens is 314 g/mol. The lowest BCUT2D eigenvalue weighted by Crippen LogP contribution is -2.37. The van der Waals surface area contributed by atoms with Gasteiger partial charge in [0, 0.05) is 33.4 Å². The summed E-state index contributed by atoms with van der Waals surface area (Å²) in [5, 5.41) is 9.08. The zero-order valence-corrected chi connectivity index (χ0v) is 15.5. The predicted octanol–water partition coefficient (Wildman–Crippen LogP) is 3.33. The molecule has 0 aliphatic heterocycles. The monoisotopic (exact) mass is 343 g/mol. The number of hydrogen-bond acceptors (Lipinski definition) is 3. The zero-order chi connectivity index (χ0) is 17.9. The lowest BCUT2D eigenvalue weighted by atomic mass is 10.1. The van der Waals surface area contributed by atoms with Crippen LogP contribution >= 0.6 is 0 Å². The Morgan fingerprint density at radius 3 is 2.60 bits per heavy atom. The van der Waals surface area contributed by atoms with Crippen LogP contribution in [0.1, 0.15) is 25.3 Å². The van der Waals surface area contributed by atoms with Crippen molar-refractivity contribution in [2.24, 2.45) is 4.99 Å². The fourth-order valence-electron chi connectivity index (χ4n) is 2.60. The zero-order valence-electron chi connectivity index (χ0n) is 15.5. The van der Waals surface area contributed by atoms with E-state index in [4.69, 9.17) is 9.47 Å². The van der Waals surface area contributed by atoms with Gasteiger partial charge in [0.2, 0.25) is 0 Å². The van der Waals surface area contributed by atoms with Crippen LogP contribution in [0.3, 0.4) is 0 Å². The third-order valence-electron chi connectivity index (χ3n) is 4.01. The Morgan fingerprint density at radius 2 is 1.84 bits per heavy atom. The number of benzene rings is 2. The summed E-state index contributed by atoms with van der Waals surface area (Å²) < 4.78 is 10.6. The van der Waals surface area contributed by atoms with Crippen LogP contribution in [0.4, 0.5) is 0 Å². The molecule has 2 rings (SSSR count). The van der Waals surface area contributed by atoms with Gasteiger partial charge in [-0.05, 0) is 54.3 Å². The summed E-state index contributed by atoms with van der Waals surface area (Å²) in [6.07, 6.45) is 2.13. The molecule has 0 heterocycles. The van der Waals surface area contributed by atoms with Gasteiger partial charge in [0.15, 0.2) is 5.96 Å². The van der Waals surface area contributed by atoms with Crippen molar-refractivity contribution in [2.45, 2.75) is 26.3 Å². The number of ether oxygens (including phenoxy) is 2. The lowest BCUT2D eigenvalue weighted by Gasteiger charge is -2.12. The average Bonchev–Trinajstić information content (AvgIpc) is 2.66. The van der Waals surface area contributed by atoms with Gasteiger partial charge in [0.05, 0.1) is 7.11 Å². The summed E-state index contributed by atoms with van der Waals surface area (Å²) in [7, 11) is 3.48. The average molecular weight is 343 g/mol. The van der Waals surface area contributed by atoms with Crippen LogP contribution in [0.25, 0.3) is 10.8 Å². The molecule has 0 atom stereocenters. The number of rotatable bonds is 9. The molecule has 5 heteroatoms. The molecule has 0 radical (unpaired) electrons. The van der Waals surface area contributed by atoms with Crippen LogP contribution in [0, 0.1) is 0 Å². The maximum absolute atomic E-state index is 5.34. The maximum atomic E-state index is 5.34. The van der Waals surface area contributed by atoms with E-state index < -0.39 is 0 Å². The number of nitrogens with zero attached hydrogens (tertiary/aromatic N) is 1. The number of aliphatic imine (C=N–C) groups is 1. The van der Waals surface area contributed by atoms with Gasteiger partial charge in [-0.15, -0.1) is 0 Å². The summed E-state index contributed by atoms with van der Waals surface area (Å²) >= 11 is 0. The third kappa shape index (κ3) is 6.27. The highest BCUT2D eigenvalue weighted by atomic mass is 16.5. The first-order chi connectivity index (χ1) is 12.3. The number of guanidine groups is 1. The van der Waals surface area contributed by atoms with Gasteiger partial charge in [-0.1, -0.05) is 18.2 Å². The van der Waals surface area contributed by atoms with Crippen molar-refractivity contribution in [1.82, 2.24) is 10.6 Å².